The zero-order chi connectivity index (χ0) is 17.6. The Labute approximate surface area is 148 Å². The number of fused-ring (bicyclic) bond motifs is 1. The van der Waals surface area contributed by atoms with E-state index in [2.05, 4.69) is 34.9 Å². The van der Waals surface area contributed by atoms with Crippen molar-refractivity contribution < 1.29 is 8.42 Å². The van der Waals surface area contributed by atoms with E-state index in [4.69, 9.17) is 0 Å². The van der Waals surface area contributed by atoms with E-state index in [1.54, 1.807) is 12.1 Å². The van der Waals surface area contributed by atoms with Crippen LogP contribution in [0, 0.1) is 0 Å². The highest BCUT2D eigenvalue weighted by Crippen LogP contribution is 2.46. The van der Waals surface area contributed by atoms with E-state index >= 15 is 0 Å². The van der Waals surface area contributed by atoms with Crippen LogP contribution in [-0.2, 0) is 10.0 Å². The summed E-state index contributed by atoms with van der Waals surface area (Å²) < 4.78 is 29.1. The van der Waals surface area contributed by atoms with Gasteiger partial charge in [0.05, 0.1) is 5.69 Å². The summed E-state index contributed by atoms with van der Waals surface area (Å²) in [5.74, 6) is 1.09. The minimum Gasteiger partial charge on any atom is -0.325 e. The van der Waals surface area contributed by atoms with Crippen molar-refractivity contribution in [3.05, 3.63) is 53.6 Å². The van der Waals surface area contributed by atoms with Crippen LogP contribution in [0.15, 0.2) is 51.8 Å². The molecule has 5 nitrogen and oxygen atoms in total. The number of hydrogen-bond donors (Lipinski definition) is 2. The Kier molecular flexibility index (Phi) is 3.80. The van der Waals surface area contributed by atoms with Crippen molar-refractivity contribution in [1.29, 1.82) is 0 Å². The van der Waals surface area contributed by atoms with Crippen molar-refractivity contribution >= 4 is 27.4 Å². The summed E-state index contributed by atoms with van der Waals surface area (Å²) in [5, 5.41) is 6.32. The summed E-state index contributed by atoms with van der Waals surface area (Å²) in [6.45, 7) is 4.25. The molecule has 0 radical (unpaired) electrons. The van der Waals surface area contributed by atoms with Crippen LogP contribution in [0.1, 0.15) is 49.7 Å². The average molecular weight is 355 g/mol. The fourth-order valence-corrected chi connectivity index (χ4v) is 4.22. The zero-order valence-electron chi connectivity index (χ0n) is 14.3. The summed E-state index contributed by atoms with van der Waals surface area (Å²) >= 11 is 0. The minimum absolute atomic E-state index is 0.251. The lowest BCUT2D eigenvalue weighted by Crippen LogP contribution is -2.29. The molecule has 130 valence electrons. The van der Waals surface area contributed by atoms with Gasteiger partial charge in [0.25, 0.3) is 10.0 Å². The molecule has 2 aromatic rings. The van der Waals surface area contributed by atoms with Gasteiger partial charge in [-0.3, -0.25) is 0 Å². The van der Waals surface area contributed by atoms with E-state index < -0.39 is 10.0 Å². The first kappa shape index (κ1) is 16.1. The van der Waals surface area contributed by atoms with Gasteiger partial charge < -0.3 is 10.6 Å². The second kappa shape index (κ2) is 5.88. The average Bonchev–Trinajstić information content (AvgIpc) is 3.39. The number of guanidine groups is 1. The maximum absolute atomic E-state index is 12.6. The third-order valence-electron chi connectivity index (χ3n) is 4.62. The van der Waals surface area contributed by atoms with Crippen LogP contribution in [0.4, 0.5) is 11.4 Å². The molecule has 4 rings (SSSR count). The quantitative estimate of drug-likeness (QED) is 0.862. The SMILES string of the molecule is CC(C)c1cccc(NC2=NS(=O)(=O)c3cccc(C4CC4)c3N2)c1. The molecule has 1 fully saturated rings. The van der Waals surface area contributed by atoms with E-state index in [1.807, 2.05) is 24.3 Å². The van der Waals surface area contributed by atoms with Gasteiger partial charge in [-0.1, -0.05) is 38.1 Å². The van der Waals surface area contributed by atoms with Crippen LogP contribution in [0.25, 0.3) is 0 Å². The predicted molar refractivity (Wildman–Crippen MR) is 101 cm³/mol. The third kappa shape index (κ3) is 3.14. The molecule has 0 atom stereocenters. The highest BCUT2D eigenvalue weighted by Gasteiger charge is 2.33. The maximum Gasteiger partial charge on any atom is 0.287 e. The van der Waals surface area contributed by atoms with Crippen molar-refractivity contribution in [1.82, 2.24) is 0 Å². The molecular weight excluding hydrogens is 334 g/mol. The zero-order valence-corrected chi connectivity index (χ0v) is 15.1. The van der Waals surface area contributed by atoms with Crippen molar-refractivity contribution in [3.63, 3.8) is 0 Å². The Morgan fingerprint density at radius 3 is 2.64 bits per heavy atom. The Morgan fingerprint density at radius 2 is 1.92 bits per heavy atom. The van der Waals surface area contributed by atoms with E-state index in [-0.39, 0.29) is 10.9 Å². The molecule has 0 amide bonds. The summed E-state index contributed by atoms with van der Waals surface area (Å²) in [7, 11) is -3.70. The summed E-state index contributed by atoms with van der Waals surface area (Å²) in [5.41, 5.74) is 3.73. The first-order chi connectivity index (χ1) is 11.9. The molecule has 0 spiro atoms. The van der Waals surface area contributed by atoms with Gasteiger partial charge in [-0.15, -0.1) is 4.40 Å². The molecule has 1 heterocycles. The van der Waals surface area contributed by atoms with E-state index in [9.17, 15) is 8.42 Å². The number of nitrogens with zero attached hydrogens (tertiary/aromatic N) is 1. The summed E-state index contributed by atoms with van der Waals surface area (Å²) in [6.07, 6.45) is 2.21. The Hall–Kier alpha value is -2.34. The second-order valence-corrected chi connectivity index (χ2v) is 8.51. The first-order valence-corrected chi connectivity index (χ1v) is 10.00. The predicted octanol–water partition coefficient (Wildman–Crippen LogP) is 4.27. The highest BCUT2D eigenvalue weighted by molar-refractivity contribution is 7.90. The molecule has 1 aliphatic carbocycles. The first-order valence-electron chi connectivity index (χ1n) is 8.56. The third-order valence-corrected chi connectivity index (χ3v) is 5.94. The molecule has 0 bridgehead atoms. The Morgan fingerprint density at radius 1 is 1.16 bits per heavy atom. The summed E-state index contributed by atoms with van der Waals surface area (Å²) in [6, 6.07) is 13.4. The van der Waals surface area contributed by atoms with Crippen molar-refractivity contribution in [3.8, 4) is 0 Å². The van der Waals surface area contributed by atoms with Crippen LogP contribution < -0.4 is 10.6 Å². The minimum atomic E-state index is -3.70. The van der Waals surface area contributed by atoms with Gasteiger partial charge in [-0.05, 0) is 54.0 Å². The number of nitrogens with one attached hydrogen (secondary N) is 2. The number of benzene rings is 2. The second-order valence-electron chi connectivity index (χ2n) is 6.94. The molecule has 25 heavy (non-hydrogen) atoms. The van der Waals surface area contributed by atoms with Crippen molar-refractivity contribution in [2.45, 2.75) is 43.4 Å². The molecule has 2 N–H and O–H groups in total. The van der Waals surface area contributed by atoms with Crippen LogP contribution in [0.5, 0.6) is 0 Å². The van der Waals surface area contributed by atoms with Gasteiger partial charge in [0.15, 0.2) is 0 Å². The van der Waals surface area contributed by atoms with E-state index in [0.717, 1.165) is 24.1 Å². The number of para-hydroxylation sites is 1. The lowest BCUT2D eigenvalue weighted by molar-refractivity contribution is 0.597. The molecule has 0 aromatic heterocycles. The van der Waals surface area contributed by atoms with Gasteiger partial charge >= 0.3 is 0 Å². The number of rotatable bonds is 3. The molecule has 2 aliphatic rings. The lowest BCUT2D eigenvalue weighted by atomic mass is 10.0. The van der Waals surface area contributed by atoms with E-state index in [0.29, 0.717) is 17.5 Å². The maximum atomic E-state index is 12.6. The monoisotopic (exact) mass is 355 g/mol. The largest absolute Gasteiger partial charge is 0.325 e. The standard InChI is InChI=1S/C19H21N3O2S/c1-12(2)14-5-3-6-15(11-14)20-19-21-18-16(13-9-10-13)7-4-8-17(18)25(23,24)22-19/h3-8,11-13H,9-10H2,1-2H3,(H2,20,21,22). The molecule has 6 heteroatoms. The normalized spacial score (nSPS) is 18.3. The molecule has 1 saturated carbocycles. The van der Waals surface area contributed by atoms with E-state index in [1.165, 1.54) is 5.56 Å². The molecule has 0 saturated heterocycles. The van der Waals surface area contributed by atoms with Crippen molar-refractivity contribution in [2.24, 2.45) is 4.40 Å². The van der Waals surface area contributed by atoms with Crippen molar-refractivity contribution in [2.75, 3.05) is 10.6 Å². The lowest BCUT2D eigenvalue weighted by Gasteiger charge is -2.22. The Balaban J connectivity index is 1.69. The smallest absolute Gasteiger partial charge is 0.287 e. The molecular formula is C19H21N3O2S. The number of anilines is 2. The van der Waals surface area contributed by atoms with Gasteiger partial charge in [-0.25, -0.2) is 0 Å². The van der Waals surface area contributed by atoms with Gasteiger partial charge in [0.1, 0.15) is 4.90 Å². The topological polar surface area (TPSA) is 70.6 Å². The molecule has 2 aromatic carbocycles. The Bertz CT molecular complexity index is 960. The van der Waals surface area contributed by atoms with Crippen LogP contribution in [0.2, 0.25) is 0 Å². The molecule has 0 unspecified atom stereocenters. The van der Waals surface area contributed by atoms with Gasteiger partial charge in [0.2, 0.25) is 5.96 Å². The van der Waals surface area contributed by atoms with Crippen LogP contribution >= 0.6 is 0 Å². The molecule has 1 aliphatic heterocycles. The van der Waals surface area contributed by atoms with Gasteiger partial charge in [-0.2, -0.15) is 8.42 Å². The fourth-order valence-electron chi connectivity index (χ4n) is 3.11. The number of sulfonamides is 1. The van der Waals surface area contributed by atoms with Crippen LogP contribution in [-0.4, -0.2) is 14.4 Å². The highest BCUT2D eigenvalue weighted by atomic mass is 32.2. The summed E-state index contributed by atoms with van der Waals surface area (Å²) in [4.78, 5) is 0.262. The number of hydrogen-bond acceptors (Lipinski definition) is 4. The fraction of sp³-hybridized carbons (Fsp3) is 0.316. The van der Waals surface area contributed by atoms with Gasteiger partial charge in [0, 0.05) is 5.69 Å². The van der Waals surface area contributed by atoms with Crippen LogP contribution in [0.3, 0.4) is 0 Å².